The van der Waals surface area contributed by atoms with Gasteiger partial charge in [-0.05, 0) is 0 Å². The van der Waals surface area contributed by atoms with E-state index in [1.54, 1.807) is 6.92 Å². The second-order valence-electron chi connectivity index (χ2n) is 9.18. The second kappa shape index (κ2) is 8.68. The minimum absolute atomic E-state index is 0.147. The third-order valence-corrected chi connectivity index (χ3v) is 37.5. The molecule has 0 spiro atoms. The van der Waals surface area contributed by atoms with Crippen molar-refractivity contribution in [1.82, 2.24) is 0 Å². The number of rotatable bonds is 6. The summed E-state index contributed by atoms with van der Waals surface area (Å²) in [5.41, 5.74) is 1.91. The number of alkyl halides is 1. The first-order chi connectivity index (χ1) is 12.0. The topological polar surface area (TPSA) is 63.6 Å². The van der Waals surface area contributed by atoms with Gasteiger partial charge in [-0.3, -0.25) is 0 Å². The number of hydrogen-bond acceptors (Lipinski definition) is 4. The molecule has 0 fully saturated rings. The molecule has 0 aliphatic carbocycles. The predicted octanol–water partition coefficient (Wildman–Crippen LogP) is 7.86. The molecular weight excluding hydrogens is 589 g/mol. The van der Waals surface area contributed by atoms with Crippen molar-refractivity contribution in [2.24, 2.45) is 0 Å². The van der Waals surface area contributed by atoms with Crippen LogP contribution in [0.1, 0.15) is 79.0 Å². The molecule has 1 aromatic rings. The third kappa shape index (κ3) is 5.76. The van der Waals surface area contributed by atoms with Crippen LogP contribution in [-0.4, -0.2) is 15.6 Å². The Hall–Kier alpha value is 0.470. The first kappa shape index (κ1) is 25.5. The van der Waals surface area contributed by atoms with E-state index in [0.29, 0.717) is 0 Å². The molecule has 0 aromatic heterocycles. The fourth-order valence-corrected chi connectivity index (χ4v) is 19.2. The predicted molar refractivity (Wildman–Crippen MR) is 132 cm³/mol. The zero-order valence-corrected chi connectivity index (χ0v) is 23.2. The van der Waals surface area contributed by atoms with E-state index in [2.05, 4.69) is 0 Å². The summed E-state index contributed by atoms with van der Waals surface area (Å²) in [7, 11) is 0. The molecule has 0 bridgehead atoms. The number of phenolic OH excluding ortho intramolecular Hbond substituents is 1. The van der Waals surface area contributed by atoms with Gasteiger partial charge in [0.25, 0.3) is 0 Å². The average molecular weight is 624 g/mol. The van der Waals surface area contributed by atoms with Crippen LogP contribution in [0.3, 0.4) is 0 Å². The van der Waals surface area contributed by atoms with Gasteiger partial charge in [-0.25, -0.2) is 0 Å². The maximum atomic E-state index is 13.7. The quantitative estimate of drug-likeness (QED) is 0.199. The Balaban J connectivity index is 3.66. The standard InChI is InChI=1S/C20H35I2O4P/c1-10-26-27(25,22(21,24)14(2)3)13-15-11-16(19(4,5)6)18(23)17(12-15)20(7,8)9/h11-12,14,23H,10,13H2,1-9H3. The van der Waals surface area contributed by atoms with Gasteiger partial charge in [0, 0.05) is 0 Å². The Kier molecular flexibility index (Phi) is 8.20. The number of benzene rings is 1. The average Bonchev–Trinajstić information content (AvgIpc) is 2.46. The van der Waals surface area contributed by atoms with E-state index < -0.39 is 18.9 Å². The first-order valence-electron chi connectivity index (χ1n) is 9.25. The molecule has 1 rings (SSSR count). The normalized spacial score (nSPS) is 18.8. The summed E-state index contributed by atoms with van der Waals surface area (Å²) >= 11 is -1.95. The molecule has 27 heavy (non-hydrogen) atoms. The number of hydrogen-bond donors (Lipinski definition) is 1. The summed E-state index contributed by atoms with van der Waals surface area (Å²) in [5, 5.41) is 7.55. The van der Waals surface area contributed by atoms with Gasteiger partial charge in [0.05, 0.1) is 0 Å². The molecule has 0 aliphatic rings. The van der Waals surface area contributed by atoms with E-state index in [0.717, 1.165) is 16.7 Å². The molecule has 158 valence electrons. The van der Waals surface area contributed by atoms with Crippen LogP contribution in [0, 0.1) is 0 Å². The Labute approximate surface area is 178 Å². The van der Waals surface area contributed by atoms with Crippen LogP contribution in [0.4, 0.5) is 0 Å². The summed E-state index contributed by atoms with van der Waals surface area (Å²) in [5.74, 6) is 0.289. The van der Waals surface area contributed by atoms with Crippen LogP contribution in [0.5, 0.6) is 5.75 Å². The zero-order chi connectivity index (χ0) is 21.4. The van der Waals surface area contributed by atoms with Gasteiger partial charge in [-0.15, -0.1) is 0 Å². The van der Waals surface area contributed by atoms with Crippen molar-refractivity contribution in [1.29, 1.82) is 0 Å². The molecule has 2 unspecified atom stereocenters. The van der Waals surface area contributed by atoms with Crippen molar-refractivity contribution < 1.29 is 17.3 Å². The van der Waals surface area contributed by atoms with Crippen molar-refractivity contribution in [3.05, 3.63) is 28.8 Å². The van der Waals surface area contributed by atoms with Crippen LogP contribution in [0.15, 0.2) is 12.1 Å². The summed E-state index contributed by atoms with van der Waals surface area (Å²) in [6.07, 6.45) is 0.147. The van der Waals surface area contributed by atoms with Crippen LogP contribution >= 0.6 is 37.5 Å². The number of phenols is 1. The minimum atomic E-state index is -3.89. The SMILES string of the molecule is CCOP(=O)(Cc1cc(C(C)(C)C)c(O)c(C(C)(C)C)c1)I(=O)(I)C(C)C. The Morgan fingerprint density at radius 1 is 1.11 bits per heavy atom. The Morgan fingerprint density at radius 2 is 1.52 bits per heavy atom. The Bertz CT molecular complexity index is 738. The summed E-state index contributed by atoms with van der Waals surface area (Å²) < 4.78 is 32.6. The third-order valence-electron chi connectivity index (χ3n) is 4.37. The number of halogens is 2. The molecule has 0 saturated carbocycles. The fourth-order valence-electron chi connectivity index (χ4n) is 2.83. The van der Waals surface area contributed by atoms with Gasteiger partial charge in [0.1, 0.15) is 0 Å². The van der Waals surface area contributed by atoms with Crippen molar-refractivity contribution in [3.8, 4) is 5.75 Å². The zero-order valence-electron chi connectivity index (χ0n) is 18.0. The molecule has 2 atom stereocenters. The van der Waals surface area contributed by atoms with Crippen LogP contribution in [0.25, 0.3) is 0 Å². The van der Waals surface area contributed by atoms with Crippen molar-refractivity contribution in [2.75, 3.05) is 6.61 Å². The molecule has 0 amide bonds. The van der Waals surface area contributed by atoms with Gasteiger partial charge >= 0.3 is 179 Å². The van der Waals surface area contributed by atoms with Gasteiger partial charge < -0.3 is 0 Å². The molecule has 0 radical (unpaired) electrons. The fraction of sp³-hybridized carbons (Fsp3) is 0.700. The van der Waals surface area contributed by atoms with Crippen molar-refractivity contribution >= 4 is 37.5 Å². The van der Waals surface area contributed by atoms with E-state index in [4.69, 9.17) is 4.52 Å². The van der Waals surface area contributed by atoms with Crippen LogP contribution < -0.4 is 0 Å². The monoisotopic (exact) mass is 624 g/mol. The Morgan fingerprint density at radius 3 is 1.81 bits per heavy atom. The second-order valence-corrected chi connectivity index (χ2v) is 36.3. The van der Waals surface area contributed by atoms with Gasteiger partial charge in [0.15, 0.2) is 0 Å². The van der Waals surface area contributed by atoms with Crippen molar-refractivity contribution in [3.63, 3.8) is 0 Å². The molecule has 1 aromatic carbocycles. The maximum absolute atomic E-state index is 13.7. The van der Waals surface area contributed by atoms with E-state index in [-0.39, 0.29) is 33.3 Å². The summed E-state index contributed by atoms with van der Waals surface area (Å²) in [6, 6.07) is 3.81. The van der Waals surface area contributed by atoms with Gasteiger partial charge in [-0.1, -0.05) is 0 Å². The van der Waals surface area contributed by atoms with Crippen molar-refractivity contribution in [2.45, 2.75) is 83.2 Å². The molecule has 0 heterocycles. The van der Waals surface area contributed by atoms with Gasteiger partial charge in [0.2, 0.25) is 0 Å². The summed E-state index contributed by atoms with van der Waals surface area (Å²) in [6.45, 7) is 18.0. The van der Waals surface area contributed by atoms with E-state index in [9.17, 15) is 12.7 Å². The van der Waals surface area contributed by atoms with Gasteiger partial charge in [-0.2, -0.15) is 0 Å². The molecule has 0 saturated heterocycles. The molecule has 4 nitrogen and oxygen atoms in total. The summed E-state index contributed by atoms with van der Waals surface area (Å²) in [4.78, 5) is 0. The molecule has 7 heteroatoms. The molecule has 0 aliphatic heterocycles. The molecule has 1 N–H and O–H groups in total. The van der Waals surface area contributed by atoms with Crippen LogP contribution in [-0.2, 0) is 29.1 Å². The van der Waals surface area contributed by atoms with E-state index >= 15 is 0 Å². The van der Waals surface area contributed by atoms with E-state index in [1.807, 2.05) is 86.1 Å². The first-order valence-corrected chi connectivity index (χ1v) is 22.3. The van der Waals surface area contributed by atoms with E-state index in [1.165, 1.54) is 0 Å². The number of aromatic hydroxyl groups is 1. The molecular formula is C20H35I2O4P. The van der Waals surface area contributed by atoms with Crippen LogP contribution in [0.2, 0.25) is 0 Å².